The SMILES string of the molecule is COC(=CC1c2c(C)cc(C)cc2C2=c3ccc4c(C(F)(F)F)ccc5c4c3=C(C)CN2[C@H]1CC/C(C)=C\5)OC. The van der Waals surface area contributed by atoms with Crippen LogP contribution in [0.2, 0.25) is 0 Å². The van der Waals surface area contributed by atoms with Gasteiger partial charge in [0.25, 0.3) is 5.95 Å². The van der Waals surface area contributed by atoms with Crippen LogP contribution in [0.4, 0.5) is 13.2 Å². The molecule has 0 spiro atoms. The third kappa shape index (κ3) is 4.03. The molecule has 2 bridgehead atoms. The van der Waals surface area contributed by atoms with Crippen molar-refractivity contribution in [2.75, 3.05) is 20.8 Å². The van der Waals surface area contributed by atoms with E-state index >= 15 is 0 Å². The molecule has 40 heavy (non-hydrogen) atoms. The van der Waals surface area contributed by atoms with Crippen LogP contribution in [-0.2, 0) is 15.7 Å². The van der Waals surface area contributed by atoms with E-state index in [2.05, 4.69) is 56.9 Å². The molecule has 0 aliphatic carbocycles. The maximum Gasteiger partial charge on any atom is 0.417 e. The summed E-state index contributed by atoms with van der Waals surface area (Å²) >= 11 is 0. The summed E-state index contributed by atoms with van der Waals surface area (Å²) in [5, 5.41) is 2.90. The van der Waals surface area contributed by atoms with E-state index in [1.54, 1.807) is 26.4 Å². The second kappa shape index (κ2) is 9.46. The highest BCUT2D eigenvalue weighted by atomic mass is 19.4. The van der Waals surface area contributed by atoms with Crippen molar-refractivity contribution in [2.24, 2.45) is 0 Å². The van der Waals surface area contributed by atoms with Crippen LogP contribution in [0.3, 0.4) is 0 Å². The van der Waals surface area contributed by atoms with Gasteiger partial charge in [0.1, 0.15) is 0 Å². The van der Waals surface area contributed by atoms with Crippen molar-refractivity contribution in [3.05, 3.63) is 97.8 Å². The lowest BCUT2D eigenvalue weighted by Gasteiger charge is -2.47. The third-order valence-corrected chi connectivity index (χ3v) is 8.78. The highest BCUT2D eigenvalue weighted by Gasteiger charge is 2.40. The predicted octanol–water partition coefficient (Wildman–Crippen LogP) is 6.92. The molecule has 3 heterocycles. The van der Waals surface area contributed by atoms with Crippen molar-refractivity contribution < 1.29 is 22.6 Å². The number of alkyl halides is 3. The first-order valence-corrected chi connectivity index (χ1v) is 13.8. The fraction of sp³-hybridized carbons (Fsp3) is 0.353. The summed E-state index contributed by atoms with van der Waals surface area (Å²) in [7, 11) is 3.24. The Hall–Kier alpha value is -3.67. The molecule has 3 nitrogen and oxygen atoms in total. The minimum absolute atomic E-state index is 0.0140. The molecule has 0 amide bonds. The van der Waals surface area contributed by atoms with Gasteiger partial charge in [-0.2, -0.15) is 13.2 Å². The van der Waals surface area contributed by atoms with Crippen LogP contribution in [-0.4, -0.2) is 31.7 Å². The van der Waals surface area contributed by atoms with Gasteiger partial charge in [-0.25, -0.2) is 0 Å². The molecule has 3 aliphatic rings. The molecule has 0 radical (unpaired) electrons. The molecule has 3 aromatic carbocycles. The van der Waals surface area contributed by atoms with Crippen LogP contribution in [0.15, 0.2) is 54.0 Å². The number of hydrogen-bond donors (Lipinski definition) is 0. The van der Waals surface area contributed by atoms with Crippen molar-refractivity contribution in [3.8, 4) is 0 Å². The minimum Gasteiger partial charge on any atom is -0.469 e. The highest BCUT2D eigenvalue weighted by molar-refractivity contribution is 5.96. The van der Waals surface area contributed by atoms with Crippen molar-refractivity contribution in [1.82, 2.24) is 4.90 Å². The second-order valence-corrected chi connectivity index (χ2v) is 11.4. The molecule has 0 fully saturated rings. The molecule has 0 aromatic heterocycles. The zero-order chi connectivity index (χ0) is 28.5. The molecule has 1 unspecified atom stereocenters. The average Bonchev–Trinajstić information content (AvgIpc) is 2.91. The fourth-order valence-electron chi connectivity index (χ4n) is 7.24. The topological polar surface area (TPSA) is 21.7 Å². The largest absolute Gasteiger partial charge is 0.469 e. The lowest BCUT2D eigenvalue weighted by molar-refractivity contribution is -0.136. The summed E-state index contributed by atoms with van der Waals surface area (Å²) in [4.78, 5) is 2.49. The molecule has 3 aliphatic heterocycles. The first kappa shape index (κ1) is 26.5. The second-order valence-electron chi connectivity index (χ2n) is 11.4. The number of methoxy groups -OCH3 is 2. The first-order chi connectivity index (χ1) is 19.0. The maximum absolute atomic E-state index is 14.2. The molecule has 0 saturated carbocycles. The maximum atomic E-state index is 14.2. The van der Waals surface area contributed by atoms with Gasteiger partial charge >= 0.3 is 6.18 Å². The van der Waals surface area contributed by atoms with Crippen molar-refractivity contribution >= 4 is 28.1 Å². The number of fused-ring (bicyclic) bond motifs is 3. The smallest absolute Gasteiger partial charge is 0.417 e. The fourth-order valence-corrected chi connectivity index (χ4v) is 7.24. The Kier molecular flexibility index (Phi) is 6.28. The number of halogens is 3. The van der Waals surface area contributed by atoms with Gasteiger partial charge in [-0.15, -0.1) is 0 Å². The van der Waals surface area contributed by atoms with Gasteiger partial charge in [-0.05, 0) is 90.9 Å². The van der Waals surface area contributed by atoms with Crippen LogP contribution in [0, 0.1) is 13.8 Å². The Bertz CT molecular complexity index is 1740. The summed E-state index contributed by atoms with van der Waals surface area (Å²) in [6.45, 7) is 9.05. The molecule has 2 atom stereocenters. The van der Waals surface area contributed by atoms with Crippen molar-refractivity contribution in [2.45, 2.75) is 58.7 Å². The summed E-state index contributed by atoms with van der Waals surface area (Å²) < 4.78 is 53.8. The summed E-state index contributed by atoms with van der Waals surface area (Å²) in [5.41, 5.74) is 8.30. The number of rotatable bonds is 3. The van der Waals surface area contributed by atoms with Gasteiger partial charge in [-0.1, -0.05) is 41.5 Å². The van der Waals surface area contributed by atoms with Gasteiger partial charge in [0.05, 0.1) is 25.5 Å². The van der Waals surface area contributed by atoms with E-state index in [1.807, 2.05) is 6.07 Å². The van der Waals surface area contributed by atoms with Gasteiger partial charge in [0.15, 0.2) is 0 Å². The van der Waals surface area contributed by atoms with E-state index in [4.69, 9.17) is 9.47 Å². The van der Waals surface area contributed by atoms with Crippen molar-refractivity contribution in [3.63, 3.8) is 0 Å². The van der Waals surface area contributed by atoms with Gasteiger partial charge in [0, 0.05) is 35.4 Å². The van der Waals surface area contributed by atoms with E-state index in [1.165, 1.54) is 17.2 Å². The Morgan fingerprint density at radius 3 is 2.45 bits per heavy atom. The molecule has 208 valence electrons. The lowest BCUT2D eigenvalue weighted by atomic mass is 9.75. The predicted molar refractivity (Wildman–Crippen MR) is 154 cm³/mol. The molecule has 6 rings (SSSR count). The number of ether oxygens (including phenoxy) is 2. The Morgan fingerprint density at radius 2 is 1.75 bits per heavy atom. The van der Waals surface area contributed by atoms with E-state index < -0.39 is 11.7 Å². The summed E-state index contributed by atoms with van der Waals surface area (Å²) in [5.74, 6) is 0.493. The molecule has 0 N–H and O–H groups in total. The lowest BCUT2D eigenvalue weighted by Crippen LogP contribution is -2.51. The average molecular weight is 546 g/mol. The molecular weight excluding hydrogens is 511 g/mol. The molecule has 0 saturated heterocycles. The zero-order valence-electron chi connectivity index (χ0n) is 23.8. The normalized spacial score (nSPS) is 21.1. The summed E-state index contributed by atoms with van der Waals surface area (Å²) in [6.07, 6.45) is 1.45. The van der Waals surface area contributed by atoms with Crippen LogP contribution in [0.5, 0.6) is 0 Å². The Balaban J connectivity index is 1.83. The van der Waals surface area contributed by atoms with Crippen LogP contribution >= 0.6 is 0 Å². The van der Waals surface area contributed by atoms with E-state index in [9.17, 15) is 13.2 Å². The molecule has 3 aromatic rings. The first-order valence-electron chi connectivity index (χ1n) is 13.8. The van der Waals surface area contributed by atoms with Gasteiger partial charge in [-0.3, -0.25) is 0 Å². The summed E-state index contributed by atoms with van der Waals surface area (Å²) in [6, 6.07) is 11.0. The van der Waals surface area contributed by atoms with Crippen LogP contribution in [0.25, 0.3) is 28.1 Å². The monoisotopic (exact) mass is 545 g/mol. The van der Waals surface area contributed by atoms with E-state index in [-0.39, 0.29) is 17.3 Å². The standard InChI is InChI=1S/C34H34F3NO2/c1-18-7-12-28-25(16-29(39-5)40-6)30-20(3)13-19(2)15-26(30)33-24-10-9-23-27(34(35,36)37)11-8-22(14-18)32(23)31(24)21(4)17-38(28)33/h8-11,13-16,25,28H,7,12,17H2,1-6H3/b18-14-/t25?,28-/m0/s1. The minimum atomic E-state index is -4.43. The number of aryl methyl sites for hydroxylation is 2. The number of benzene rings is 3. The number of allylic oxidation sites excluding steroid dienone is 1. The van der Waals surface area contributed by atoms with Crippen LogP contribution < -0.4 is 10.4 Å². The Labute approximate surface area is 232 Å². The highest BCUT2D eigenvalue weighted by Crippen LogP contribution is 2.45. The van der Waals surface area contributed by atoms with Crippen LogP contribution in [0.1, 0.15) is 66.0 Å². The molecule has 6 heteroatoms. The molecular formula is C34H34F3NO2. The van der Waals surface area contributed by atoms with E-state index in [0.717, 1.165) is 56.8 Å². The number of hydrogen-bond acceptors (Lipinski definition) is 3. The quantitative estimate of drug-likeness (QED) is 0.334. The zero-order valence-corrected chi connectivity index (χ0v) is 23.8. The van der Waals surface area contributed by atoms with Gasteiger partial charge < -0.3 is 14.4 Å². The van der Waals surface area contributed by atoms with Crippen molar-refractivity contribution in [1.29, 1.82) is 0 Å². The third-order valence-electron chi connectivity index (χ3n) is 8.78. The Morgan fingerprint density at radius 1 is 1.00 bits per heavy atom. The van der Waals surface area contributed by atoms with E-state index in [0.29, 0.717) is 17.9 Å². The van der Waals surface area contributed by atoms with Gasteiger partial charge in [0.2, 0.25) is 0 Å². The number of nitrogens with zero attached hydrogens (tertiary/aromatic N) is 1.